The molecule has 2 nitrogen and oxygen atoms in total. The molecule has 2 N–H and O–H groups in total. The second-order valence-corrected chi connectivity index (χ2v) is 4.66. The van der Waals surface area contributed by atoms with E-state index in [2.05, 4.69) is 19.2 Å². The van der Waals surface area contributed by atoms with Gasteiger partial charge >= 0.3 is 0 Å². The SMILES string of the molecule is C[C@H](CO)NC1[C@@H](C)CCC[C@@H]1C. The standard InChI is InChI=1S/C11H23NO/c1-8-5-4-6-9(2)11(8)12-10(3)7-13/h8-13H,4-7H2,1-3H3/t8-,9-,10+/m0/s1. The number of nitrogens with one attached hydrogen (secondary N) is 1. The third-order valence-corrected chi connectivity index (χ3v) is 3.30. The number of hydrogen-bond acceptors (Lipinski definition) is 2. The summed E-state index contributed by atoms with van der Waals surface area (Å²) in [7, 11) is 0. The van der Waals surface area contributed by atoms with Crippen molar-refractivity contribution in [2.24, 2.45) is 11.8 Å². The van der Waals surface area contributed by atoms with Gasteiger partial charge < -0.3 is 10.4 Å². The first-order valence-electron chi connectivity index (χ1n) is 5.52. The molecule has 2 heteroatoms. The fourth-order valence-electron chi connectivity index (χ4n) is 2.39. The maximum absolute atomic E-state index is 8.98. The molecule has 1 rings (SSSR count). The van der Waals surface area contributed by atoms with Gasteiger partial charge in [-0.2, -0.15) is 0 Å². The molecule has 0 amide bonds. The van der Waals surface area contributed by atoms with Crippen molar-refractivity contribution in [2.75, 3.05) is 6.61 Å². The predicted octanol–water partition coefficient (Wildman–Crippen LogP) is 1.78. The first kappa shape index (κ1) is 11.0. The molecule has 1 fully saturated rings. The Morgan fingerprint density at radius 2 is 1.85 bits per heavy atom. The molecule has 0 aliphatic heterocycles. The molecule has 0 aromatic rings. The van der Waals surface area contributed by atoms with E-state index in [0.717, 1.165) is 11.8 Å². The maximum Gasteiger partial charge on any atom is 0.0582 e. The first-order valence-corrected chi connectivity index (χ1v) is 5.52. The van der Waals surface area contributed by atoms with Crippen LogP contribution in [0.5, 0.6) is 0 Å². The van der Waals surface area contributed by atoms with Crippen molar-refractivity contribution in [3.8, 4) is 0 Å². The molecule has 1 saturated carbocycles. The molecule has 0 spiro atoms. The first-order chi connectivity index (χ1) is 6.15. The highest BCUT2D eigenvalue weighted by atomic mass is 16.3. The van der Waals surface area contributed by atoms with Crippen LogP contribution >= 0.6 is 0 Å². The van der Waals surface area contributed by atoms with Gasteiger partial charge in [-0.15, -0.1) is 0 Å². The average molecular weight is 185 g/mol. The minimum Gasteiger partial charge on any atom is -0.395 e. The number of hydrogen-bond donors (Lipinski definition) is 2. The minimum absolute atomic E-state index is 0.244. The van der Waals surface area contributed by atoms with Crippen molar-refractivity contribution in [2.45, 2.75) is 52.1 Å². The monoisotopic (exact) mass is 185 g/mol. The normalized spacial score (nSPS) is 33.2. The Kier molecular flexibility index (Phi) is 4.20. The highest BCUT2D eigenvalue weighted by Crippen LogP contribution is 2.28. The van der Waals surface area contributed by atoms with E-state index in [-0.39, 0.29) is 12.6 Å². The van der Waals surface area contributed by atoms with Crippen LogP contribution in [0.2, 0.25) is 0 Å². The second-order valence-electron chi connectivity index (χ2n) is 4.66. The fraction of sp³-hybridized carbons (Fsp3) is 1.00. The van der Waals surface area contributed by atoms with Crippen LogP contribution in [0.3, 0.4) is 0 Å². The third-order valence-electron chi connectivity index (χ3n) is 3.30. The largest absolute Gasteiger partial charge is 0.395 e. The van der Waals surface area contributed by atoms with Gasteiger partial charge in [-0.3, -0.25) is 0 Å². The van der Waals surface area contributed by atoms with E-state index in [1.54, 1.807) is 0 Å². The molecule has 0 heterocycles. The number of rotatable bonds is 3. The van der Waals surface area contributed by atoms with Gasteiger partial charge in [0.1, 0.15) is 0 Å². The Hall–Kier alpha value is -0.0800. The molecule has 1 aliphatic rings. The average Bonchev–Trinajstić information content (AvgIpc) is 2.11. The summed E-state index contributed by atoms with van der Waals surface area (Å²) in [6.07, 6.45) is 4.04. The van der Waals surface area contributed by atoms with Gasteiger partial charge in [-0.25, -0.2) is 0 Å². The zero-order chi connectivity index (χ0) is 9.84. The van der Waals surface area contributed by atoms with Crippen molar-refractivity contribution in [3.05, 3.63) is 0 Å². The highest BCUT2D eigenvalue weighted by molar-refractivity contribution is 4.84. The molecule has 0 saturated heterocycles. The van der Waals surface area contributed by atoms with Crippen molar-refractivity contribution < 1.29 is 5.11 Å². The van der Waals surface area contributed by atoms with Crippen LogP contribution in [0, 0.1) is 11.8 Å². The Bertz CT molecular complexity index is 139. The number of aliphatic hydroxyl groups excluding tert-OH is 1. The summed E-state index contributed by atoms with van der Waals surface area (Å²) in [6.45, 7) is 6.93. The summed E-state index contributed by atoms with van der Waals surface area (Å²) in [4.78, 5) is 0. The van der Waals surface area contributed by atoms with Gasteiger partial charge in [-0.1, -0.05) is 20.3 Å². The summed E-state index contributed by atoms with van der Waals surface area (Å²) in [5.41, 5.74) is 0. The Morgan fingerprint density at radius 3 is 2.31 bits per heavy atom. The van der Waals surface area contributed by atoms with Gasteiger partial charge in [0.25, 0.3) is 0 Å². The van der Waals surface area contributed by atoms with Gasteiger partial charge in [-0.05, 0) is 31.6 Å². The molecule has 3 atom stereocenters. The van der Waals surface area contributed by atoms with E-state index >= 15 is 0 Å². The highest BCUT2D eigenvalue weighted by Gasteiger charge is 2.27. The van der Waals surface area contributed by atoms with Crippen LogP contribution in [0.1, 0.15) is 40.0 Å². The molecule has 0 bridgehead atoms. The van der Waals surface area contributed by atoms with E-state index < -0.39 is 0 Å². The summed E-state index contributed by atoms with van der Waals surface area (Å²) in [5, 5.41) is 12.5. The Morgan fingerprint density at radius 1 is 1.31 bits per heavy atom. The van der Waals surface area contributed by atoms with Crippen LogP contribution in [-0.2, 0) is 0 Å². The summed E-state index contributed by atoms with van der Waals surface area (Å²) >= 11 is 0. The van der Waals surface area contributed by atoms with Crippen molar-refractivity contribution in [1.29, 1.82) is 0 Å². The predicted molar refractivity (Wildman–Crippen MR) is 55.7 cm³/mol. The van der Waals surface area contributed by atoms with Crippen LogP contribution in [0.25, 0.3) is 0 Å². The number of aliphatic hydroxyl groups is 1. The smallest absolute Gasteiger partial charge is 0.0582 e. The van der Waals surface area contributed by atoms with E-state index in [1.165, 1.54) is 19.3 Å². The van der Waals surface area contributed by atoms with Gasteiger partial charge in [0.15, 0.2) is 0 Å². The van der Waals surface area contributed by atoms with E-state index in [4.69, 9.17) is 5.11 Å². The van der Waals surface area contributed by atoms with Crippen molar-refractivity contribution in [1.82, 2.24) is 5.32 Å². The summed E-state index contributed by atoms with van der Waals surface area (Å²) in [5.74, 6) is 1.52. The topological polar surface area (TPSA) is 32.3 Å². The maximum atomic E-state index is 8.98. The van der Waals surface area contributed by atoms with E-state index in [9.17, 15) is 0 Å². The lowest BCUT2D eigenvalue weighted by Crippen LogP contribution is -2.47. The lowest BCUT2D eigenvalue weighted by molar-refractivity contribution is 0.166. The molecule has 0 radical (unpaired) electrons. The van der Waals surface area contributed by atoms with Gasteiger partial charge in [0.05, 0.1) is 6.61 Å². The molecular weight excluding hydrogens is 162 g/mol. The lowest BCUT2D eigenvalue weighted by Gasteiger charge is -2.37. The van der Waals surface area contributed by atoms with Crippen molar-refractivity contribution >= 4 is 0 Å². The molecular formula is C11H23NO. The molecule has 13 heavy (non-hydrogen) atoms. The van der Waals surface area contributed by atoms with E-state index in [0.29, 0.717) is 6.04 Å². The zero-order valence-corrected chi connectivity index (χ0v) is 9.09. The lowest BCUT2D eigenvalue weighted by atomic mass is 9.78. The fourth-order valence-corrected chi connectivity index (χ4v) is 2.39. The quantitative estimate of drug-likeness (QED) is 0.702. The van der Waals surface area contributed by atoms with Crippen LogP contribution in [-0.4, -0.2) is 23.8 Å². The van der Waals surface area contributed by atoms with Gasteiger partial charge in [0, 0.05) is 12.1 Å². The van der Waals surface area contributed by atoms with Crippen LogP contribution < -0.4 is 5.32 Å². The molecule has 1 aliphatic carbocycles. The molecule has 0 unspecified atom stereocenters. The summed E-state index contributed by atoms with van der Waals surface area (Å²) < 4.78 is 0. The molecule has 0 aromatic carbocycles. The van der Waals surface area contributed by atoms with Crippen molar-refractivity contribution in [3.63, 3.8) is 0 Å². The zero-order valence-electron chi connectivity index (χ0n) is 9.09. The Labute approximate surface area is 81.7 Å². The minimum atomic E-state index is 0.244. The molecule has 0 aromatic heterocycles. The van der Waals surface area contributed by atoms with Crippen LogP contribution in [0.4, 0.5) is 0 Å². The Balaban J connectivity index is 2.43. The van der Waals surface area contributed by atoms with Crippen LogP contribution in [0.15, 0.2) is 0 Å². The summed E-state index contributed by atoms with van der Waals surface area (Å²) in [6, 6.07) is 0.851. The third kappa shape index (κ3) is 2.96. The van der Waals surface area contributed by atoms with Gasteiger partial charge in [0.2, 0.25) is 0 Å². The molecule has 78 valence electrons. The van der Waals surface area contributed by atoms with E-state index in [1.807, 2.05) is 6.92 Å². The second kappa shape index (κ2) is 4.97.